The molecule has 0 radical (unpaired) electrons. The Labute approximate surface area is 104 Å². The normalized spacial score (nSPS) is 47.3. The fraction of sp³-hybridized carbons (Fsp3) is 1.00. The molecule has 0 aromatic rings. The first-order chi connectivity index (χ1) is 8.24. The van der Waals surface area contributed by atoms with Crippen molar-refractivity contribution in [3.05, 3.63) is 0 Å². The van der Waals surface area contributed by atoms with Gasteiger partial charge in [0, 0.05) is 25.6 Å². The van der Waals surface area contributed by atoms with Crippen molar-refractivity contribution in [1.29, 1.82) is 0 Å². The molecule has 0 bridgehead atoms. The van der Waals surface area contributed by atoms with Crippen LogP contribution in [0.5, 0.6) is 0 Å². The van der Waals surface area contributed by atoms with E-state index in [1.807, 2.05) is 0 Å². The first-order valence-electron chi connectivity index (χ1n) is 7.32. The van der Waals surface area contributed by atoms with E-state index in [1.165, 1.54) is 25.7 Å². The molecule has 0 spiro atoms. The summed E-state index contributed by atoms with van der Waals surface area (Å²) in [5, 5.41) is 19.9. The highest BCUT2D eigenvalue weighted by Crippen LogP contribution is 2.39. The molecular weight excluding hydrogens is 214 g/mol. The molecule has 1 heterocycles. The summed E-state index contributed by atoms with van der Waals surface area (Å²) in [5.74, 6) is 1.74. The lowest BCUT2D eigenvalue weighted by molar-refractivity contribution is 0.0472. The number of nitrogens with zero attached hydrogens (tertiary/aromatic N) is 1. The van der Waals surface area contributed by atoms with Crippen molar-refractivity contribution >= 4 is 0 Å². The van der Waals surface area contributed by atoms with E-state index in [0.717, 1.165) is 38.4 Å². The van der Waals surface area contributed by atoms with Crippen LogP contribution < -0.4 is 0 Å². The molecule has 3 fully saturated rings. The van der Waals surface area contributed by atoms with E-state index in [1.54, 1.807) is 0 Å². The van der Waals surface area contributed by atoms with Gasteiger partial charge in [0.15, 0.2) is 0 Å². The van der Waals surface area contributed by atoms with Crippen molar-refractivity contribution in [2.75, 3.05) is 19.6 Å². The molecule has 2 saturated carbocycles. The third-order valence-electron chi connectivity index (χ3n) is 5.26. The van der Waals surface area contributed by atoms with Gasteiger partial charge in [0.05, 0.1) is 12.2 Å². The molecule has 2 aliphatic carbocycles. The highest BCUT2D eigenvalue weighted by atomic mass is 16.3. The molecule has 1 aliphatic heterocycles. The monoisotopic (exact) mass is 239 g/mol. The van der Waals surface area contributed by atoms with Crippen LogP contribution in [0.2, 0.25) is 0 Å². The van der Waals surface area contributed by atoms with Crippen molar-refractivity contribution in [3.63, 3.8) is 0 Å². The number of hydrogen-bond donors (Lipinski definition) is 2. The Hall–Kier alpha value is -0.120. The first kappa shape index (κ1) is 11.9. The molecule has 5 atom stereocenters. The number of hydrogen-bond acceptors (Lipinski definition) is 3. The zero-order chi connectivity index (χ0) is 11.8. The van der Waals surface area contributed by atoms with Crippen LogP contribution >= 0.6 is 0 Å². The minimum atomic E-state index is -0.0749. The van der Waals surface area contributed by atoms with E-state index >= 15 is 0 Å². The largest absolute Gasteiger partial charge is 0.393 e. The van der Waals surface area contributed by atoms with Gasteiger partial charge in [-0.15, -0.1) is 0 Å². The highest BCUT2D eigenvalue weighted by Gasteiger charge is 2.42. The zero-order valence-corrected chi connectivity index (χ0v) is 10.6. The van der Waals surface area contributed by atoms with Gasteiger partial charge in [-0.2, -0.15) is 0 Å². The minimum absolute atomic E-state index is 0.0544. The summed E-state index contributed by atoms with van der Waals surface area (Å²) in [6, 6.07) is 0. The molecule has 0 amide bonds. The van der Waals surface area contributed by atoms with Gasteiger partial charge in [0.1, 0.15) is 0 Å². The van der Waals surface area contributed by atoms with Crippen LogP contribution in [-0.2, 0) is 0 Å². The molecule has 3 rings (SSSR count). The summed E-state index contributed by atoms with van der Waals surface area (Å²) in [5.41, 5.74) is 0. The maximum atomic E-state index is 10.0. The summed E-state index contributed by atoms with van der Waals surface area (Å²) in [6.07, 6.45) is 6.75. The van der Waals surface area contributed by atoms with E-state index in [2.05, 4.69) is 4.90 Å². The molecule has 3 aliphatic rings. The molecule has 3 heteroatoms. The van der Waals surface area contributed by atoms with Crippen LogP contribution in [0.4, 0.5) is 0 Å². The lowest BCUT2D eigenvalue weighted by Gasteiger charge is -2.31. The maximum absolute atomic E-state index is 10.0. The van der Waals surface area contributed by atoms with Crippen molar-refractivity contribution in [2.45, 2.75) is 50.7 Å². The summed E-state index contributed by atoms with van der Waals surface area (Å²) < 4.78 is 0. The van der Waals surface area contributed by atoms with E-state index in [4.69, 9.17) is 0 Å². The Morgan fingerprint density at radius 2 is 1.71 bits per heavy atom. The van der Waals surface area contributed by atoms with Gasteiger partial charge >= 0.3 is 0 Å². The van der Waals surface area contributed by atoms with Crippen LogP contribution in [0.15, 0.2) is 0 Å². The van der Waals surface area contributed by atoms with Crippen LogP contribution in [0.1, 0.15) is 38.5 Å². The average molecular weight is 239 g/mol. The lowest BCUT2D eigenvalue weighted by Crippen LogP contribution is -2.36. The van der Waals surface area contributed by atoms with Gasteiger partial charge in [0.25, 0.3) is 0 Å². The van der Waals surface area contributed by atoms with Gasteiger partial charge in [-0.25, -0.2) is 0 Å². The molecular formula is C14H25NO2. The molecule has 0 aromatic heterocycles. The summed E-state index contributed by atoms with van der Waals surface area (Å²) >= 11 is 0. The Bertz CT molecular complexity index is 271. The average Bonchev–Trinajstić information content (AvgIpc) is 2.85. The molecule has 2 N–H and O–H groups in total. The molecule has 98 valence electrons. The fourth-order valence-electron chi connectivity index (χ4n) is 4.21. The van der Waals surface area contributed by atoms with Gasteiger partial charge in [-0.1, -0.05) is 12.8 Å². The SMILES string of the molecule is OC1CCCCC1CN1CC2CCC(O)C2C1. The van der Waals surface area contributed by atoms with Gasteiger partial charge in [0.2, 0.25) is 0 Å². The third kappa shape index (κ3) is 2.38. The summed E-state index contributed by atoms with van der Waals surface area (Å²) in [7, 11) is 0. The van der Waals surface area contributed by atoms with E-state index in [9.17, 15) is 10.2 Å². The molecule has 1 saturated heterocycles. The number of aliphatic hydroxyl groups excluding tert-OH is 2. The predicted molar refractivity (Wildman–Crippen MR) is 66.6 cm³/mol. The van der Waals surface area contributed by atoms with Crippen molar-refractivity contribution in [3.8, 4) is 0 Å². The second kappa shape index (κ2) is 4.87. The van der Waals surface area contributed by atoms with Crippen LogP contribution in [-0.4, -0.2) is 47.0 Å². The topological polar surface area (TPSA) is 43.7 Å². The molecule has 5 unspecified atom stereocenters. The summed E-state index contributed by atoms with van der Waals surface area (Å²) in [4.78, 5) is 2.50. The van der Waals surface area contributed by atoms with Gasteiger partial charge < -0.3 is 15.1 Å². The highest BCUT2D eigenvalue weighted by molar-refractivity contribution is 4.94. The second-order valence-electron chi connectivity index (χ2n) is 6.40. The second-order valence-corrected chi connectivity index (χ2v) is 6.40. The molecule has 3 nitrogen and oxygen atoms in total. The van der Waals surface area contributed by atoms with Gasteiger partial charge in [-0.3, -0.25) is 0 Å². The van der Waals surface area contributed by atoms with E-state index < -0.39 is 0 Å². The van der Waals surface area contributed by atoms with Crippen LogP contribution in [0.25, 0.3) is 0 Å². The van der Waals surface area contributed by atoms with Crippen LogP contribution in [0.3, 0.4) is 0 Å². The Balaban J connectivity index is 1.53. The summed E-state index contributed by atoms with van der Waals surface area (Å²) in [6.45, 7) is 3.28. The zero-order valence-electron chi connectivity index (χ0n) is 10.6. The van der Waals surface area contributed by atoms with Crippen molar-refractivity contribution in [1.82, 2.24) is 4.90 Å². The number of likely N-dealkylation sites (tertiary alicyclic amines) is 1. The third-order valence-corrected chi connectivity index (χ3v) is 5.26. The maximum Gasteiger partial charge on any atom is 0.0583 e. The van der Waals surface area contributed by atoms with E-state index in [-0.39, 0.29) is 12.2 Å². The number of fused-ring (bicyclic) bond motifs is 1. The molecule has 0 aromatic carbocycles. The standard InChI is InChI=1S/C14H25NO2/c16-13-4-2-1-3-11(13)8-15-7-10-5-6-14(17)12(10)9-15/h10-14,16-17H,1-9H2. The minimum Gasteiger partial charge on any atom is -0.393 e. The van der Waals surface area contributed by atoms with Gasteiger partial charge in [-0.05, 0) is 37.5 Å². The predicted octanol–water partition coefficient (Wildman–Crippen LogP) is 1.24. The Kier molecular flexibility index (Phi) is 3.42. The number of rotatable bonds is 2. The quantitative estimate of drug-likeness (QED) is 0.762. The van der Waals surface area contributed by atoms with Crippen LogP contribution in [0, 0.1) is 17.8 Å². The van der Waals surface area contributed by atoms with E-state index in [0.29, 0.717) is 11.8 Å². The Morgan fingerprint density at radius 3 is 2.47 bits per heavy atom. The van der Waals surface area contributed by atoms with Crippen molar-refractivity contribution < 1.29 is 10.2 Å². The fourth-order valence-corrected chi connectivity index (χ4v) is 4.21. The lowest BCUT2D eigenvalue weighted by atomic mass is 9.86. The smallest absolute Gasteiger partial charge is 0.0583 e. The Morgan fingerprint density at radius 1 is 0.882 bits per heavy atom. The number of aliphatic hydroxyl groups is 2. The molecule has 17 heavy (non-hydrogen) atoms. The van der Waals surface area contributed by atoms with Crippen molar-refractivity contribution in [2.24, 2.45) is 17.8 Å². The first-order valence-corrected chi connectivity index (χ1v) is 7.32.